The van der Waals surface area contributed by atoms with E-state index in [2.05, 4.69) is 24.7 Å². The zero-order chi connectivity index (χ0) is 23.5. The zero-order valence-corrected chi connectivity index (χ0v) is 18.4. The highest BCUT2D eigenvalue weighted by molar-refractivity contribution is 5.96. The van der Waals surface area contributed by atoms with Gasteiger partial charge in [0.1, 0.15) is 5.82 Å². The zero-order valence-electron chi connectivity index (χ0n) is 18.4. The molecule has 2 N–H and O–H groups in total. The number of hydrazine groups is 1. The molecule has 0 spiro atoms. The maximum absolute atomic E-state index is 13.5. The van der Waals surface area contributed by atoms with Gasteiger partial charge in [-0.2, -0.15) is 0 Å². The van der Waals surface area contributed by atoms with Crippen molar-refractivity contribution in [3.05, 3.63) is 53.6 Å². The van der Waals surface area contributed by atoms with Crippen molar-refractivity contribution in [2.45, 2.75) is 33.1 Å². The molecule has 0 atom stereocenters. The minimum Gasteiger partial charge on any atom is -0.493 e. The Balaban J connectivity index is 1.75. The highest BCUT2D eigenvalue weighted by Gasteiger charge is 2.13. The molecule has 0 unspecified atom stereocenters. The Kier molecular flexibility index (Phi) is 9.72. The number of halogens is 2. The van der Waals surface area contributed by atoms with Crippen LogP contribution in [0.4, 0.5) is 8.78 Å². The minimum atomic E-state index is -0.812. The lowest BCUT2D eigenvalue weighted by Gasteiger charge is -2.13. The molecule has 7 nitrogen and oxygen atoms in total. The van der Waals surface area contributed by atoms with Gasteiger partial charge in [-0.3, -0.25) is 20.4 Å². The van der Waals surface area contributed by atoms with Crippen LogP contribution in [0.5, 0.6) is 17.2 Å². The lowest BCUT2D eigenvalue weighted by molar-refractivity contribution is -0.122. The van der Waals surface area contributed by atoms with Gasteiger partial charge in [-0.15, -0.1) is 0 Å². The van der Waals surface area contributed by atoms with Crippen LogP contribution in [0.2, 0.25) is 0 Å². The summed E-state index contributed by atoms with van der Waals surface area (Å²) in [6, 6.07) is 7.72. The van der Waals surface area contributed by atoms with Crippen LogP contribution in [0.3, 0.4) is 0 Å². The largest absolute Gasteiger partial charge is 0.493 e. The third-order valence-corrected chi connectivity index (χ3v) is 4.39. The van der Waals surface area contributed by atoms with Crippen LogP contribution in [-0.4, -0.2) is 32.1 Å². The molecule has 0 aliphatic heterocycles. The van der Waals surface area contributed by atoms with Crippen LogP contribution >= 0.6 is 0 Å². The van der Waals surface area contributed by atoms with Crippen LogP contribution in [0, 0.1) is 17.6 Å². The van der Waals surface area contributed by atoms with Gasteiger partial charge in [-0.25, -0.2) is 8.78 Å². The standard InChI is InChI=1S/C23H28F2N2O5/c1-15(2)10-12-32-20-8-6-16(13-21(20)30-3)23(29)27-26-22(28)5-4-11-31-19-9-7-17(24)14-18(19)25/h6-9,13-15H,4-5,10-12H2,1-3H3,(H,26,28)(H,27,29). The predicted molar refractivity (Wildman–Crippen MR) is 115 cm³/mol. The summed E-state index contributed by atoms with van der Waals surface area (Å²) in [6.07, 6.45) is 1.20. The second kappa shape index (κ2) is 12.5. The average molecular weight is 450 g/mol. The third kappa shape index (κ3) is 8.05. The van der Waals surface area contributed by atoms with Gasteiger partial charge in [-0.1, -0.05) is 13.8 Å². The third-order valence-electron chi connectivity index (χ3n) is 4.39. The molecule has 0 aliphatic rings. The second-order valence-corrected chi connectivity index (χ2v) is 7.43. The van der Waals surface area contributed by atoms with E-state index in [0.717, 1.165) is 18.6 Å². The molecule has 0 aliphatic carbocycles. The van der Waals surface area contributed by atoms with E-state index in [0.29, 0.717) is 24.0 Å². The summed E-state index contributed by atoms with van der Waals surface area (Å²) in [6.45, 7) is 4.79. The fraction of sp³-hybridized carbons (Fsp3) is 0.391. The molecule has 0 fully saturated rings. The minimum absolute atomic E-state index is 0.0367. The molecule has 0 saturated heterocycles. The van der Waals surface area contributed by atoms with Crippen molar-refractivity contribution in [1.29, 1.82) is 0 Å². The lowest BCUT2D eigenvalue weighted by Crippen LogP contribution is -2.41. The van der Waals surface area contributed by atoms with E-state index >= 15 is 0 Å². The molecule has 2 amide bonds. The lowest BCUT2D eigenvalue weighted by atomic mass is 10.1. The predicted octanol–water partition coefficient (Wildman–Crippen LogP) is 4.02. The topological polar surface area (TPSA) is 85.9 Å². The fourth-order valence-electron chi connectivity index (χ4n) is 2.60. The van der Waals surface area contributed by atoms with Crippen molar-refractivity contribution in [3.63, 3.8) is 0 Å². The Morgan fingerprint density at radius 2 is 1.66 bits per heavy atom. The first-order valence-electron chi connectivity index (χ1n) is 10.3. The number of nitrogens with one attached hydrogen (secondary N) is 2. The number of ether oxygens (including phenoxy) is 3. The summed E-state index contributed by atoms with van der Waals surface area (Å²) in [5.74, 6) is -1.11. The molecule has 0 aromatic heterocycles. The summed E-state index contributed by atoms with van der Waals surface area (Å²) in [7, 11) is 1.48. The van der Waals surface area contributed by atoms with Gasteiger partial charge in [0.15, 0.2) is 23.1 Å². The van der Waals surface area contributed by atoms with Crippen LogP contribution in [0.25, 0.3) is 0 Å². The first kappa shape index (κ1) is 24.9. The Hall–Kier alpha value is -3.36. The molecule has 32 heavy (non-hydrogen) atoms. The smallest absolute Gasteiger partial charge is 0.269 e. The summed E-state index contributed by atoms with van der Waals surface area (Å²) in [4.78, 5) is 24.2. The van der Waals surface area contributed by atoms with Gasteiger partial charge in [0.05, 0.1) is 20.3 Å². The van der Waals surface area contributed by atoms with Crippen molar-refractivity contribution in [1.82, 2.24) is 10.9 Å². The number of carbonyl (C=O) groups excluding carboxylic acids is 2. The highest BCUT2D eigenvalue weighted by Crippen LogP contribution is 2.28. The van der Waals surface area contributed by atoms with Crippen molar-refractivity contribution in [3.8, 4) is 17.2 Å². The van der Waals surface area contributed by atoms with E-state index in [9.17, 15) is 18.4 Å². The van der Waals surface area contributed by atoms with Gasteiger partial charge in [0.25, 0.3) is 5.91 Å². The van der Waals surface area contributed by atoms with Gasteiger partial charge in [0.2, 0.25) is 5.91 Å². The van der Waals surface area contributed by atoms with E-state index in [1.165, 1.54) is 19.2 Å². The second-order valence-electron chi connectivity index (χ2n) is 7.43. The average Bonchev–Trinajstić information content (AvgIpc) is 2.76. The number of rotatable bonds is 11. The summed E-state index contributed by atoms with van der Waals surface area (Å²) in [5, 5.41) is 0. The molecule has 0 bridgehead atoms. The molecule has 9 heteroatoms. The molecule has 0 saturated carbocycles. The highest BCUT2D eigenvalue weighted by atomic mass is 19.1. The van der Waals surface area contributed by atoms with Crippen LogP contribution in [0.15, 0.2) is 36.4 Å². The fourth-order valence-corrected chi connectivity index (χ4v) is 2.60. The number of amides is 2. The summed E-state index contributed by atoms with van der Waals surface area (Å²) < 4.78 is 42.5. The number of hydrogen-bond acceptors (Lipinski definition) is 5. The van der Waals surface area contributed by atoms with E-state index in [1.54, 1.807) is 12.1 Å². The van der Waals surface area contributed by atoms with Crippen LogP contribution < -0.4 is 25.1 Å². The maximum Gasteiger partial charge on any atom is 0.269 e. The van der Waals surface area contributed by atoms with E-state index in [4.69, 9.17) is 14.2 Å². The number of hydrogen-bond donors (Lipinski definition) is 2. The monoisotopic (exact) mass is 450 g/mol. The Morgan fingerprint density at radius 1 is 0.938 bits per heavy atom. The molecule has 2 rings (SSSR count). The number of carbonyl (C=O) groups is 2. The number of methoxy groups -OCH3 is 1. The molecule has 2 aromatic carbocycles. The number of benzene rings is 2. The maximum atomic E-state index is 13.5. The molecular formula is C23H28F2N2O5. The van der Waals surface area contributed by atoms with Crippen molar-refractivity contribution >= 4 is 11.8 Å². The van der Waals surface area contributed by atoms with Gasteiger partial charge < -0.3 is 14.2 Å². The van der Waals surface area contributed by atoms with Crippen molar-refractivity contribution in [2.24, 2.45) is 5.92 Å². The van der Waals surface area contributed by atoms with Crippen LogP contribution in [0.1, 0.15) is 43.5 Å². The van der Waals surface area contributed by atoms with Crippen molar-refractivity contribution in [2.75, 3.05) is 20.3 Å². The molecule has 174 valence electrons. The molecule has 0 radical (unpaired) electrons. The van der Waals surface area contributed by atoms with Gasteiger partial charge >= 0.3 is 0 Å². The first-order chi connectivity index (χ1) is 15.3. The quantitative estimate of drug-likeness (QED) is 0.399. The SMILES string of the molecule is COc1cc(C(=O)NNC(=O)CCCOc2ccc(F)cc2F)ccc1OCCC(C)C. The Bertz CT molecular complexity index is 921. The molecule has 2 aromatic rings. The summed E-state index contributed by atoms with van der Waals surface area (Å²) >= 11 is 0. The Morgan fingerprint density at radius 3 is 2.34 bits per heavy atom. The molecular weight excluding hydrogens is 422 g/mol. The Labute approximate surface area is 186 Å². The van der Waals surface area contributed by atoms with E-state index in [1.807, 2.05) is 0 Å². The first-order valence-corrected chi connectivity index (χ1v) is 10.3. The van der Waals surface area contributed by atoms with Gasteiger partial charge in [0, 0.05) is 18.1 Å². The van der Waals surface area contributed by atoms with Crippen molar-refractivity contribution < 1.29 is 32.6 Å². The van der Waals surface area contributed by atoms with Crippen LogP contribution in [-0.2, 0) is 4.79 Å². The van der Waals surface area contributed by atoms with Gasteiger partial charge in [-0.05, 0) is 49.1 Å². The summed E-state index contributed by atoms with van der Waals surface area (Å²) in [5.41, 5.74) is 4.92. The normalized spacial score (nSPS) is 10.6. The van der Waals surface area contributed by atoms with E-state index in [-0.39, 0.29) is 30.8 Å². The molecule has 0 heterocycles. The van der Waals surface area contributed by atoms with E-state index < -0.39 is 23.4 Å².